The molecule has 29 heavy (non-hydrogen) atoms. The standard InChI is InChI=1S/C19H25N7OS2/c1-5-15-6-8-17(9-7-15)26(14(2)27)18-20-16(12-28-18)13-29-19-21-22-23-25(19)11-10-24(3)4/h6-9,12H,5,10-11,13H2,1-4H3. The third-order valence-electron chi connectivity index (χ3n) is 4.26. The van der Waals surface area contributed by atoms with E-state index in [1.165, 1.54) is 16.9 Å². The highest BCUT2D eigenvalue weighted by atomic mass is 32.2. The van der Waals surface area contributed by atoms with E-state index in [0.717, 1.165) is 36.0 Å². The number of nitrogens with zero attached hydrogens (tertiary/aromatic N) is 7. The van der Waals surface area contributed by atoms with Gasteiger partial charge in [-0.1, -0.05) is 30.8 Å². The van der Waals surface area contributed by atoms with Crippen molar-refractivity contribution >= 4 is 39.8 Å². The van der Waals surface area contributed by atoms with Crippen molar-refractivity contribution in [1.29, 1.82) is 0 Å². The van der Waals surface area contributed by atoms with Gasteiger partial charge >= 0.3 is 0 Å². The maximum Gasteiger partial charge on any atom is 0.230 e. The zero-order valence-corrected chi connectivity index (χ0v) is 18.7. The van der Waals surface area contributed by atoms with E-state index in [1.807, 2.05) is 43.7 Å². The van der Waals surface area contributed by atoms with Gasteiger partial charge in [-0.05, 0) is 48.6 Å². The number of aryl methyl sites for hydroxylation is 1. The van der Waals surface area contributed by atoms with E-state index in [-0.39, 0.29) is 5.91 Å². The van der Waals surface area contributed by atoms with Crippen molar-refractivity contribution in [1.82, 2.24) is 30.1 Å². The summed E-state index contributed by atoms with van der Waals surface area (Å²) in [7, 11) is 4.04. The predicted octanol–water partition coefficient (Wildman–Crippen LogP) is 3.23. The molecule has 3 aromatic rings. The Hall–Kier alpha value is -2.30. The van der Waals surface area contributed by atoms with Crippen molar-refractivity contribution in [3.05, 3.63) is 40.9 Å². The van der Waals surface area contributed by atoms with Crippen LogP contribution in [-0.4, -0.2) is 56.6 Å². The highest BCUT2D eigenvalue weighted by Gasteiger charge is 2.18. The summed E-state index contributed by atoms with van der Waals surface area (Å²) in [6.07, 6.45) is 0.965. The van der Waals surface area contributed by atoms with Crippen molar-refractivity contribution in [3.63, 3.8) is 0 Å². The van der Waals surface area contributed by atoms with Gasteiger partial charge in [0, 0.05) is 24.6 Å². The van der Waals surface area contributed by atoms with Gasteiger partial charge in [0.15, 0.2) is 5.13 Å². The third-order valence-corrected chi connectivity index (χ3v) is 6.12. The minimum absolute atomic E-state index is 0.0598. The Morgan fingerprint density at radius 1 is 1.24 bits per heavy atom. The van der Waals surface area contributed by atoms with E-state index in [4.69, 9.17) is 0 Å². The summed E-state index contributed by atoms with van der Waals surface area (Å²) in [5.74, 6) is 0.578. The molecule has 10 heteroatoms. The number of anilines is 2. The van der Waals surface area contributed by atoms with Gasteiger partial charge in [0.1, 0.15) is 0 Å². The van der Waals surface area contributed by atoms with Crippen LogP contribution in [0.3, 0.4) is 0 Å². The van der Waals surface area contributed by atoms with E-state index in [1.54, 1.807) is 28.3 Å². The summed E-state index contributed by atoms with van der Waals surface area (Å²) in [4.78, 5) is 20.7. The smallest absolute Gasteiger partial charge is 0.230 e. The Balaban J connectivity index is 1.69. The Morgan fingerprint density at radius 2 is 2.00 bits per heavy atom. The van der Waals surface area contributed by atoms with Crippen LogP contribution in [0.1, 0.15) is 25.1 Å². The number of likely N-dealkylation sites (N-methyl/N-ethyl adjacent to an activating group) is 1. The number of rotatable bonds is 9. The maximum atomic E-state index is 12.3. The average molecular weight is 432 g/mol. The molecule has 3 rings (SSSR count). The molecule has 0 unspecified atom stereocenters. The number of benzene rings is 1. The molecule has 0 aliphatic heterocycles. The molecule has 154 valence electrons. The normalized spacial score (nSPS) is 11.2. The fourth-order valence-corrected chi connectivity index (χ4v) is 4.43. The van der Waals surface area contributed by atoms with Crippen LogP contribution >= 0.6 is 23.1 Å². The highest BCUT2D eigenvalue weighted by molar-refractivity contribution is 7.98. The van der Waals surface area contributed by atoms with Crippen LogP contribution in [0.25, 0.3) is 0 Å². The molecule has 0 atom stereocenters. The van der Waals surface area contributed by atoms with Gasteiger partial charge in [-0.2, -0.15) is 0 Å². The zero-order chi connectivity index (χ0) is 20.8. The number of thiazole rings is 1. The molecule has 0 N–H and O–H groups in total. The lowest BCUT2D eigenvalue weighted by molar-refractivity contribution is -0.115. The SMILES string of the molecule is CCc1ccc(N(C(C)=O)c2nc(CSc3nnnn3CCN(C)C)cs2)cc1. The second-order valence-electron chi connectivity index (χ2n) is 6.77. The highest BCUT2D eigenvalue weighted by Crippen LogP contribution is 2.31. The van der Waals surface area contributed by atoms with Gasteiger partial charge in [-0.25, -0.2) is 9.67 Å². The van der Waals surface area contributed by atoms with Gasteiger partial charge in [-0.3, -0.25) is 9.69 Å². The lowest BCUT2D eigenvalue weighted by Crippen LogP contribution is -2.22. The number of tetrazole rings is 1. The summed E-state index contributed by atoms with van der Waals surface area (Å²) in [5.41, 5.74) is 2.96. The second-order valence-corrected chi connectivity index (χ2v) is 8.55. The minimum atomic E-state index is -0.0598. The van der Waals surface area contributed by atoms with Crippen LogP contribution in [0.5, 0.6) is 0 Å². The molecule has 0 fully saturated rings. The number of carbonyl (C=O) groups is 1. The summed E-state index contributed by atoms with van der Waals surface area (Å²) >= 11 is 3.00. The molecule has 0 radical (unpaired) electrons. The number of aromatic nitrogens is 5. The number of hydrogen-bond donors (Lipinski definition) is 0. The van der Waals surface area contributed by atoms with Crippen molar-refractivity contribution in [2.75, 3.05) is 25.5 Å². The number of hydrogen-bond acceptors (Lipinski definition) is 8. The van der Waals surface area contributed by atoms with Crippen molar-refractivity contribution in [2.45, 2.75) is 37.7 Å². The van der Waals surface area contributed by atoms with Crippen LogP contribution in [-0.2, 0) is 23.5 Å². The lowest BCUT2D eigenvalue weighted by atomic mass is 10.1. The van der Waals surface area contributed by atoms with Crippen LogP contribution < -0.4 is 4.90 Å². The summed E-state index contributed by atoms with van der Waals surface area (Å²) < 4.78 is 1.80. The van der Waals surface area contributed by atoms with Crippen molar-refractivity contribution in [2.24, 2.45) is 0 Å². The van der Waals surface area contributed by atoms with E-state index in [2.05, 4.69) is 32.3 Å². The largest absolute Gasteiger partial charge is 0.308 e. The fourth-order valence-electron chi connectivity index (χ4n) is 2.65. The van der Waals surface area contributed by atoms with E-state index in [0.29, 0.717) is 10.9 Å². The van der Waals surface area contributed by atoms with Crippen molar-refractivity contribution < 1.29 is 4.79 Å². The third kappa shape index (κ3) is 5.62. The molecule has 0 spiro atoms. The Kier molecular flexibility index (Phi) is 7.34. The molecule has 0 saturated heterocycles. The topological polar surface area (TPSA) is 80.0 Å². The molecule has 2 aromatic heterocycles. The van der Waals surface area contributed by atoms with Gasteiger partial charge in [0.2, 0.25) is 11.1 Å². The average Bonchev–Trinajstić information content (AvgIpc) is 3.34. The summed E-state index contributed by atoms with van der Waals surface area (Å²) in [6.45, 7) is 5.27. The fraction of sp³-hybridized carbons (Fsp3) is 0.421. The van der Waals surface area contributed by atoms with E-state index < -0.39 is 0 Å². The Bertz CT molecular complexity index is 936. The first-order valence-electron chi connectivity index (χ1n) is 9.35. The monoisotopic (exact) mass is 431 g/mol. The number of carbonyl (C=O) groups excluding carboxylic acids is 1. The summed E-state index contributed by atoms with van der Waals surface area (Å²) in [5, 5.41) is 15.3. The molecule has 0 saturated carbocycles. The maximum absolute atomic E-state index is 12.3. The summed E-state index contributed by atoms with van der Waals surface area (Å²) in [6, 6.07) is 8.02. The second kappa shape index (κ2) is 9.95. The molecule has 0 bridgehead atoms. The Morgan fingerprint density at radius 3 is 2.66 bits per heavy atom. The first kappa shape index (κ1) is 21.4. The van der Waals surface area contributed by atoms with Crippen LogP contribution in [0, 0.1) is 0 Å². The molecular weight excluding hydrogens is 406 g/mol. The molecule has 8 nitrogen and oxygen atoms in total. The predicted molar refractivity (Wildman–Crippen MR) is 117 cm³/mol. The van der Waals surface area contributed by atoms with Crippen molar-refractivity contribution in [3.8, 4) is 0 Å². The van der Waals surface area contributed by atoms with E-state index in [9.17, 15) is 4.79 Å². The van der Waals surface area contributed by atoms with Gasteiger partial charge < -0.3 is 4.90 Å². The number of thioether (sulfide) groups is 1. The van der Waals surface area contributed by atoms with Crippen LogP contribution in [0.2, 0.25) is 0 Å². The van der Waals surface area contributed by atoms with E-state index >= 15 is 0 Å². The van der Waals surface area contributed by atoms with Gasteiger partial charge in [0.25, 0.3) is 0 Å². The minimum Gasteiger partial charge on any atom is -0.308 e. The first-order chi connectivity index (χ1) is 14.0. The van der Waals surface area contributed by atoms with Crippen LogP contribution in [0.4, 0.5) is 10.8 Å². The molecule has 1 aromatic carbocycles. The number of amides is 1. The molecule has 2 heterocycles. The van der Waals surface area contributed by atoms with Gasteiger partial charge in [-0.15, -0.1) is 16.4 Å². The quantitative estimate of drug-likeness (QED) is 0.481. The molecule has 0 aliphatic carbocycles. The molecule has 1 amide bonds. The lowest BCUT2D eigenvalue weighted by Gasteiger charge is -2.18. The Labute approximate surface area is 178 Å². The molecular formula is C19H25N7OS2. The van der Waals surface area contributed by atoms with Crippen LogP contribution in [0.15, 0.2) is 34.8 Å². The first-order valence-corrected chi connectivity index (χ1v) is 11.2. The van der Waals surface area contributed by atoms with Gasteiger partial charge in [0.05, 0.1) is 17.9 Å². The zero-order valence-electron chi connectivity index (χ0n) is 17.1. The molecule has 0 aliphatic rings.